The van der Waals surface area contributed by atoms with Gasteiger partial charge in [-0.05, 0) is 31.5 Å². The van der Waals surface area contributed by atoms with Crippen molar-refractivity contribution in [2.75, 3.05) is 0 Å². The van der Waals surface area contributed by atoms with Gasteiger partial charge in [0, 0.05) is 17.6 Å². The molecule has 1 rings (SSSR count). The van der Waals surface area contributed by atoms with Crippen LogP contribution in [0.25, 0.3) is 0 Å². The maximum atomic E-state index is 11.8. The Morgan fingerprint density at radius 3 is 2.56 bits per heavy atom. The fourth-order valence-electron chi connectivity index (χ4n) is 1.62. The Bertz CT molecular complexity index is 446. The number of carboxylic acid groups (broad SMARTS) is 1. The standard InChI is InChI=1S/C13H16ClNO3/c1-9(2)15(12(16)7-13(17)18)8-10-4-3-5-11(14)6-10/h3-6,9H,7-8H2,1-2H3,(H,17,18). The average Bonchev–Trinajstić information content (AvgIpc) is 2.24. The van der Waals surface area contributed by atoms with Crippen LogP contribution in [0, 0.1) is 0 Å². The molecule has 0 spiro atoms. The van der Waals surface area contributed by atoms with Crippen LogP contribution in [0.5, 0.6) is 0 Å². The van der Waals surface area contributed by atoms with Crippen LogP contribution in [0.2, 0.25) is 5.02 Å². The number of benzene rings is 1. The summed E-state index contributed by atoms with van der Waals surface area (Å²) in [5.41, 5.74) is 0.884. The topological polar surface area (TPSA) is 57.6 Å². The number of rotatable bonds is 5. The summed E-state index contributed by atoms with van der Waals surface area (Å²) in [7, 11) is 0. The van der Waals surface area contributed by atoms with Gasteiger partial charge in [-0.2, -0.15) is 0 Å². The van der Waals surface area contributed by atoms with Crippen LogP contribution in [0.4, 0.5) is 0 Å². The van der Waals surface area contributed by atoms with E-state index in [9.17, 15) is 9.59 Å². The number of amides is 1. The first-order chi connectivity index (χ1) is 8.40. The Balaban J connectivity index is 2.80. The molecule has 0 saturated carbocycles. The molecule has 0 atom stereocenters. The van der Waals surface area contributed by atoms with Crippen LogP contribution in [-0.4, -0.2) is 27.9 Å². The quantitative estimate of drug-likeness (QED) is 0.836. The van der Waals surface area contributed by atoms with E-state index in [1.165, 1.54) is 4.90 Å². The smallest absolute Gasteiger partial charge is 0.312 e. The molecule has 0 aromatic heterocycles. The lowest BCUT2D eigenvalue weighted by Gasteiger charge is -2.26. The molecular formula is C13H16ClNO3. The molecule has 1 amide bonds. The first-order valence-corrected chi connectivity index (χ1v) is 6.03. The summed E-state index contributed by atoms with van der Waals surface area (Å²) in [6.07, 6.45) is -0.487. The Morgan fingerprint density at radius 2 is 2.06 bits per heavy atom. The van der Waals surface area contributed by atoms with Gasteiger partial charge in [-0.1, -0.05) is 23.7 Å². The summed E-state index contributed by atoms with van der Waals surface area (Å²) in [5.74, 6) is -1.51. The van der Waals surface area contributed by atoms with Gasteiger partial charge in [-0.3, -0.25) is 9.59 Å². The van der Waals surface area contributed by atoms with Gasteiger partial charge in [0.05, 0.1) is 0 Å². The lowest BCUT2D eigenvalue weighted by molar-refractivity contribution is -0.145. The van der Waals surface area contributed by atoms with Crippen molar-refractivity contribution < 1.29 is 14.7 Å². The minimum Gasteiger partial charge on any atom is -0.481 e. The molecule has 0 heterocycles. The van der Waals surface area contributed by atoms with Crippen LogP contribution in [0.3, 0.4) is 0 Å². The number of nitrogens with zero attached hydrogens (tertiary/aromatic N) is 1. The van der Waals surface area contributed by atoms with Gasteiger partial charge in [-0.25, -0.2) is 0 Å². The van der Waals surface area contributed by atoms with Gasteiger partial charge in [0.25, 0.3) is 0 Å². The third kappa shape index (κ3) is 4.37. The van der Waals surface area contributed by atoms with Gasteiger partial charge >= 0.3 is 5.97 Å². The van der Waals surface area contributed by atoms with Crippen LogP contribution in [0.15, 0.2) is 24.3 Å². The van der Waals surface area contributed by atoms with E-state index in [4.69, 9.17) is 16.7 Å². The molecule has 4 nitrogen and oxygen atoms in total. The predicted molar refractivity (Wildman–Crippen MR) is 69.4 cm³/mol. The third-order valence-corrected chi connectivity index (χ3v) is 2.72. The molecule has 1 N–H and O–H groups in total. The van der Waals surface area contributed by atoms with E-state index in [0.29, 0.717) is 11.6 Å². The van der Waals surface area contributed by atoms with Crippen molar-refractivity contribution in [1.82, 2.24) is 4.90 Å². The van der Waals surface area contributed by atoms with Gasteiger partial charge in [-0.15, -0.1) is 0 Å². The monoisotopic (exact) mass is 269 g/mol. The number of halogens is 1. The van der Waals surface area contributed by atoms with E-state index in [1.54, 1.807) is 18.2 Å². The van der Waals surface area contributed by atoms with Crippen molar-refractivity contribution in [3.05, 3.63) is 34.9 Å². The molecule has 0 radical (unpaired) electrons. The van der Waals surface area contributed by atoms with Gasteiger partial charge in [0.2, 0.25) is 5.91 Å². The van der Waals surface area contributed by atoms with Gasteiger partial charge < -0.3 is 10.0 Å². The molecule has 0 saturated heterocycles. The number of carboxylic acids is 1. The zero-order valence-electron chi connectivity index (χ0n) is 10.4. The predicted octanol–water partition coefficient (Wildman–Crippen LogP) is 2.55. The van der Waals surface area contributed by atoms with Gasteiger partial charge in [0.1, 0.15) is 6.42 Å². The van der Waals surface area contributed by atoms with Crippen molar-refractivity contribution in [1.29, 1.82) is 0 Å². The fourth-order valence-corrected chi connectivity index (χ4v) is 1.83. The second-order valence-electron chi connectivity index (χ2n) is 4.32. The molecule has 0 fully saturated rings. The fraction of sp³-hybridized carbons (Fsp3) is 0.385. The Kier molecular flexibility index (Phi) is 5.16. The summed E-state index contributed by atoms with van der Waals surface area (Å²) in [4.78, 5) is 23.9. The molecule has 0 unspecified atom stereocenters. The van der Waals surface area contributed by atoms with E-state index in [0.717, 1.165) is 5.56 Å². The lowest BCUT2D eigenvalue weighted by Crippen LogP contribution is -2.37. The highest BCUT2D eigenvalue weighted by atomic mass is 35.5. The molecule has 18 heavy (non-hydrogen) atoms. The lowest BCUT2D eigenvalue weighted by atomic mass is 10.1. The van der Waals surface area contributed by atoms with Crippen molar-refractivity contribution >= 4 is 23.5 Å². The number of hydrogen-bond donors (Lipinski definition) is 1. The first kappa shape index (κ1) is 14.5. The summed E-state index contributed by atoms with van der Waals surface area (Å²) >= 11 is 5.87. The van der Waals surface area contributed by atoms with Crippen molar-refractivity contribution in [2.45, 2.75) is 32.9 Å². The molecule has 1 aromatic carbocycles. The third-order valence-electron chi connectivity index (χ3n) is 2.49. The zero-order valence-corrected chi connectivity index (χ0v) is 11.1. The van der Waals surface area contributed by atoms with Crippen LogP contribution in [0.1, 0.15) is 25.8 Å². The van der Waals surface area contributed by atoms with Crippen LogP contribution in [-0.2, 0) is 16.1 Å². The van der Waals surface area contributed by atoms with E-state index < -0.39 is 18.3 Å². The van der Waals surface area contributed by atoms with Crippen LogP contribution >= 0.6 is 11.6 Å². The highest BCUT2D eigenvalue weighted by Gasteiger charge is 2.19. The molecule has 1 aromatic rings. The molecule has 0 bridgehead atoms. The Hall–Kier alpha value is -1.55. The molecule has 0 aliphatic carbocycles. The normalized spacial score (nSPS) is 10.4. The zero-order chi connectivity index (χ0) is 13.7. The summed E-state index contributed by atoms with van der Waals surface area (Å²) in [6, 6.07) is 7.12. The van der Waals surface area contributed by atoms with E-state index in [1.807, 2.05) is 19.9 Å². The minimum absolute atomic E-state index is 0.0594. The number of carbonyl (C=O) groups is 2. The SMILES string of the molecule is CC(C)N(Cc1cccc(Cl)c1)C(=O)CC(=O)O. The molecule has 0 aliphatic rings. The largest absolute Gasteiger partial charge is 0.481 e. The number of hydrogen-bond acceptors (Lipinski definition) is 2. The first-order valence-electron chi connectivity index (χ1n) is 5.66. The number of aliphatic carboxylic acids is 1. The van der Waals surface area contributed by atoms with Gasteiger partial charge in [0.15, 0.2) is 0 Å². The molecule has 0 aliphatic heterocycles. The summed E-state index contributed by atoms with van der Waals surface area (Å²) in [5, 5.41) is 9.26. The molecule has 98 valence electrons. The molecular weight excluding hydrogens is 254 g/mol. The second kappa shape index (κ2) is 6.40. The van der Waals surface area contributed by atoms with Crippen molar-refractivity contribution in [3.63, 3.8) is 0 Å². The maximum Gasteiger partial charge on any atom is 0.312 e. The minimum atomic E-state index is -1.11. The second-order valence-corrected chi connectivity index (χ2v) is 4.75. The molecule has 5 heteroatoms. The van der Waals surface area contributed by atoms with Crippen molar-refractivity contribution in [3.8, 4) is 0 Å². The maximum absolute atomic E-state index is 11.8. The highest BCUT2D eigenvalue weighted by Crippen LogP contribution is 2.14. The average molecular weight is 270 g/mol. The number of carbonyl (C=O) groups excluding carboxylic acids is 1. The van der Waals surface area contributed by atoms with Crippen molar-refractivity contribution in [2.24, 2.45) is 0 Å². The summed E-state index contributed by atoms with van der Waals surface area (Å²) in [6.45, 7) is 4.07. The highest BCUT2D eigenvalue weighted by molar-refractivity contribution is 6.30. The van der Waals surface area contributed by atoms with Crippen LogP contribution < -0.4 is 0 Å². The van der Waals surface area contributed by atoms with E-state index in [2.05, 4.69) is 0 Å². The van der Waals surface area contributed by atoms with E-state index in [-0.39, 0.29) is 6.04 Å². The van der Waals surface area contributed by atoms with E-state index >= 15 is 0 Å². The Morgan fingerprint density at radius 1 is 1.39 bits per heavy atom. The summed E-state index contributed by atoms with van der Waals surface area (Å²) < 4.78 is 0. The Labute approximate surface area is 111 Å².